The zero-order valence-electron chi connectivity index (χ0n) is 11.4. The summed E-state index contributed by atoms with van der Waals surface area (Å²) >= 11 is 0. The van der Waals surface area contributed by atoms with Crippen LogP contribution in [0, 0.1) is 11.8 Å². The first-order valence-corrected chi connectivity index (χ1v) is 6.54. The highest BCUT2D eigenvalue weighted by atomic mass is 16.7. The summed E-state index contributed by atoms with van der Waals surface area (Å²) in [4.78, 5) is 22.0. The van der Waals surface area contributed by atoms with E-state index in [1.165, 1.54) is 0 Å². The molecule has 0 aromatic rings. The molecule has 0 radical (unpaired) electrons. The molecule has 20 heavy (non-hydrogen) atoms. The molecule has 0 aromatic heterocycles. The lowest BCUT2D eigenvalue weighted by Crippen LogP contribution is -2.23. The fraction of sp³-hybridized carbons (Fsp3) is 0.571. The van der Waals surface area contributed by atoms with Gasteiger partial charge in [-0.2, -0.15) is 0 Å². The Bertz CT molecular complexity index is 310. The van der Waals surface area contributed by atoms with Gasteiger partial charge >= 0.3 is 12.3 Å². The van der Waals surface area contributed by atoms with Crippen molar-refractivity contribution in [3.8, 4) is 0 Å². The van der Waals surface area contributed by atoms with Gasteiger partial charge in [0.05, 0.1) is 25.7 Å². The molecule has 0 aliphatic heterocycles. The Hall–Kier alpha value is -1.98. The van der Waals surface area contributed by atoms with E-state index >= 15 is 0 Å². The number of rotatable bonds is 6. The molecule has 0 N–H and O–H groups in total. The van der Waals surface area contributed by atoms with Crippen LogP contribution in [0.15, 0.2) is 25.7 Å². The third kappa shape index (κ3) is 6.26. The Morgan fingerprint density at radius 1 is 0.850 bits per heavy atom. The van der Waals surface area contributed by atoms with Crippen molar-refractivity contribution < 1.29 is 28.5 Å². The first kappa shape index (κ1) is 16.1. The van der Waals surface area contributed by atoms with Crippen LogP contribution in [0.1, 0.15) is 25.7 Å². The maximum atomic E-state index is 11.0. The Balaban J connectivity index is 2.13. The summed E-state index contributed by atoms with van der Waals surface area (Å²) in [5, 5.41) is 0. The zero-order chi connectivity index (χ0) is 14.8. The molecule has 0 heterocycles. The molecule has 0 saturated heterocycles. The number of carbonyl (C=O) groups excluding carboxylic acids is 2. The Kier molecular flexibility index (Phi) is 7.24. The van der Waals surface area contributed by atoms with Gasteiger partial charge in [-0.1, -0.05) is 13.2 Å². The van der Waals surface area contributed by atoms with E-state index in [0.29, 0.717) is 25.0 Å². The minimum absolute atomic E-state index is 0.323. The normalized spacial score (nSPS) is 21.4. The molecule has 1 fully saturated rings. The molecule has 0 amide bonds. The summed E-state index contributed by atoms with van der Waals surface area (Å²) in [7, 11) is 0. The number of ether oxygens (including phenoxy) is 4. The average Bonchev–Trinajstić information content (AvgIpc) is 2.45. The fourth-order valence-electron chi connectivity index (χ4n) is 2.14. The molecule has 0 bridgehead atoms. The van der Waals surface area contributed by atoms with E-state index in [2.05, 4.69) is 22.6 Å². The van der Waals surface area contributed by atoms with Crippen LogP contribution in [0.4, 0.5) is 9.59 Å². The first-order valence-electron chi connectivity index (χ1n) is 6.54. The summed E-state index contributed by atoms with van der Waals surface area (Å²) in [5.41, 5.74) is 0. The van der Waals surface area contributed by atoms with Crippen molar-refractivity contribution in [3.05, 3.63) is 25.7 Å². The van der Waals surface area contributed by atoms with Crippen molar-refractivity contribution in [1.82, 2.24) is 0 Å². The van der Waals surface area contributed by atoms with E-state index in [-0.39, 0.29) is 0 Å². The van der Waals surface area contributed by atoms with Crippen LogP contribution in [0.2, 0.25) is 0 Å². The monoisotopic (exact) mass is 284 g/mol. The largest absolute Gasteiger partial charge is 0.513 e. The third-order valence-electron chi connectivity index (χ3n) is 3.20. The third-order valence-corrected chi connectivity index (χ3v) is 3.20. The van der Waals surface area contributed by atoms with E-state index in [4.69, 9.17) is 9.47 Å². The Morgan fingerprint density at radius 3 is 1.50 bits per heavy atom. The van der Waals surface area contributed by atoms with Gasteiger partial charge in [0, 0.05) is 0 Å². The van der Waals surface area contributed by atoms with Gasteiger partial charge in [0.25, 0.3) is 0 Å². The molecule has 0 unspecified atom stereocenters. The summed E-state index contributed by atoms with van der Waals surface area (Å²) < 4.78 is 18.8. The predicted octanol–water partition coefficient (Wildman–Crippen LogP) is 3.39. The number of hydrogen-bond acceptors (Lipinski definition) is 6. The second-order valence-corrected chi connectivity index (χ2v) is 4.58. The molecule has 0 atom stereocenters. The van der Waals surface area contributed by atoms with E-state index < -0.39 is 12.3 Å². The summed E-state index contributed by atoms with van der Waals surface area (Å²) in [6.07, 6.45) is 4.32. The van der Waals surface area contributed by atoms with E-state index in [1.54, 1.807) is 0 Å². The van der Waals surface area contributed by atoms with Crippen LogP contribution < -0.4 is 0 Å². The van der Waals surface area contributed by atoms with Gasteiger partial charge < -0.3 is 18.9 Å². The van der Waals surface area contributed by atoms with Gasteiger partial charge in [0.2, 0.25) is 0 Å². The summed E-state index contributed by atoms with van der Waals surface area (Å²) in [5.74, 6) is 0.646. The Morgan fingerprint density at radius 2 is 1.20 bits per heavy atom. The lowest BCUT2D eigenvalue weighted by atomic mass is 9.83. The van der Waals surface area contributed by atoms with Crippen LogP contribution in [0.25, 0.3) is 0 Å². The maximum absolute atomic E-state index is 11.0. The molecule has 0 aromatic carbocycles. The maximum Gasteiger partial charge on any atom is 0.513 e. The molecule has 1 rings (SSSR count). The molecular formula is C14H20O6. The van der Waals surface area contributed by atoms with Crippen LogP contribution in [-0.4, -0.2) is 25.5 Å². The van der Waals surface area contributed by atoms with Gasteiger partial charge in [-0.05, 0) is 37.5 Å². The quantitative estimate of drug-likeness (QED) is 0.550. The van der Waals surface area contributed by atoms with Crippen LogP contribution in [-0.2, 0) is 18.9 Å². The van der Waals surface area contributed by atoms with Crippen molar-refractivity contribution in [1.29, 1.82) is 0 Å². The lowest BCUT2D eigenvalue weighted by Gasteiger charge is -2.27. The van der Waals surface area contributed by atoms with Crippen molar-refractivity contribution >= 4 is 12.3 Å². The first-order chi connectivity index (χ1) is 9.65. The SMILES string of the molecule is C=COC(=O)OCC1CCC(COC(=O)OC=C)CC1. The molecule has 6 nitrogen and oxygen atoms in total. The molecule has 6 heteroatoms. The van der Waals surface area contributed by atoms with Crippen molar-refractivity contribution in [2.45, 2.75) is 25.7 Å². The van der Waals surface area contributed by atoms with Gasteiger partial charge in [0.1, 0.15) is 0 Å². The minimum atomic E-state index is -0.724. The van der Waals surface area contributed by atoms with Gasteiger partial charge in [-0.3, -0.25) is 0 Å². The molecule has 0 spiro atoms. The van der Waals surface area contributed by atoms with Crippen LogP contribution in [0.5, 0.6) is 0 Å². The summed E-state index contributed by atoms with van der Waals surface area (Å²) in [6.45, 7) is 7.24. The zero-order valence-corrected chi connectivity index (χ0v) is 11.4. The highest BCUT2D eigenvalue weighted by molar-refractivity contribution is 5.60. The van der Waals surface area contributed by atoms with Crippen LogP contribution >= 0.6 is 0 Å². The van der Waals surface area contributed by atoms with Crippen molar-refractivity contribution in [2.24, 2.45) is 11.8 Å². The van der Waals surface area contributed by atoms with E-state index in [9.17, 15) is 9.59 Å². The van der Waals surface area contributed by atoms with Crippen molar-refractivity contribution in [3.63, 3.8) is 0 Å². The molecule has 1 aliphatic rings. The van der Waals surface area contributed by atoms with Gasteiger partial charge in [-0.15, -0.1) is 0 Å². The summed E-state index contributed by atoms with van der Waals surface area (Å²) in [6, 6.07) is 0. The van der Waals surface area contributed by atoms with E-state index in [1.807, 2.05) is 0 Å². The molecular weight excluding hydrogens is 264 g/mol. The smallest absolute Gasteiger partial charge is 0.434 e. The van der Waals surface area contributed by atoms with Crippen molar-refractivity contribution in [2.75, 3.05) is 13.2 Å². The standard InChI is InChI=1S/C14H20O6/c1-3-17-13(15)19-9-11-5-7-12(8-6-11)10-20-14(16)18-4-2/h3-4,11-12H,1-2,5-10H2. The molecule has 1 saturated carbocycles. The lowest BCUT2D eigenvalue weighted by molar-refractivity contribution is 0.0445. The average molecular weight is 284 g/mol. The molecule has 112 valence electrons. The minimum Gasteiger partial charge on any atom is -0.434 e. The Labute approximate surface area is 118 Å². The highest BCUT2D eigenvalue weighted by Crippen LogP contribution is 2.29. The topological polar surface area (TPSA) is 71.1 Å². The van der Waals surface area contributed by atoms with Crippen LogP contribution in [0.3, 0.4) is 0 Å². The van der Waals surface area contributed by atoms with E-state index in [0.717, 1.165) is 38.2 Å². The van der Waals surface area contributed by atoms with Gasteiger partial charge in [0.15, 0.2) is 0 Å². The number of hydrogen-bond donors (Lipinski definition) is 0. The second-order valence-electron chi connectivity index (χ2n) is 4.58. The predicted molar refractivity (Wildman–Crippen MR) is 70.7 cm³/mol. The second kappa shape index (κ2) is 9.01. The fourth-order valence-corrected chi connectivity index (χ4v) is 2.14. The number of carbonyl (C=O) groups is 2. The van der Waals surface area contributed by atoms with Gasteiger partial charge in [-0.25, -0.2) is 9.59 Å². The highest BCUT2D eigenvalue weighted by Gasteiger charge is 2.23. The molecule has 1 aliphatic carbocycles.